The van der Waals surface area contributed by atoms with Crippen molar-refractivity contribution in [1.82, 2.24) is 0 Å². The summed E-state index contributed by atoms with van der Waals surface area (Å²) in [7, 11) is 0. The van der Waals surface area contributed by atoms with E-state index in [1.54, 1.807) is 0 Å². The predicted octanol–water partition coefficient (Wildman–Crippen LogP) is 4.20. The van der Waals surface area contributed by atoms with Crippen LogP contribution in [0.1, 0.15) is 12.0 Å². The summed E-state index contributed by atoms with van der Waals surface area (Å²) >= 11 is 0. The molecule has 2 atom stereocenters. The lowest BCUT2D eigenvalue weighted by Gasteiger charge is -2.13. The molecular formula is C18H13F5N2O2. The van der Waals surface area contributed by atoms with Gasteiger partial charge in [0.1, 0.15) is 0 Å². The van der Waals surface area contributed by atoms with Gasteiger partial charge in [-0.15, -0.1) is 0 Å². The Balaban J connectivity index is 1.62. The second-order valence-corrected chi connectivity index (χ2v) is 6.10. The number of carbonyl (C=O) groups excluding carboxylic acids is 2. The van der Waals surface area contributed by atoms with Crippen LogP contribution in [0.4, 0.5) is 33.3 Å². The number of rotatable bonds is 4. The average Bonchev–Trinajstić information content (AvgIpc) is 3.39. The summed E-state index contributed by atoms with van der Waals surface area (Å²) in [6.07, 6.45) is -4.48. The number of halogens is 5. The summed E-state index contributed by atoms with van der Waals surface area (Å²) in [5.74, 6) is -5.06. The van der Waals surface area contributed by atoms with Gasteiger partial charge in [0.15, 0.2) is 11.6 Å². The minimum atomic E-state index is -4.63. The maximum atomic E-state index is 13.1. The lowest BCUT2D eigenvalue weighted by Crippen LogP contribution is -2.22. The molecule has 2 unspecified atom stereocenters. The van der Waals surface area contributed by atoms with E-state index in [1.165, 1.54) is 12.1 Å². The van der Waals surface area contributed by atoms with Crippen molar-refractivity contribution < 1.29 is 31.5 Å². The maximum Gasteiger partial charge on any atom is 0.418 e. The van der Waals surface area contributed by atoms with Gasteiger partial charge in [0, 0.05) is 11.8 Å². The van der Waals surface area contributed by atoms with Crippen LogP contribution >= 0.6 is 0 Å². The first kappa shape index (κ1) is 18.8. The van der Waals surface area contributed by atoms with Gasteiger partial charge in [-0.2, -0.15) is 13.2 Å². The quantitative estimate of drug-likeness (QED) is 0.777. The lowest BCUT2D eigenvalue weighted by molar-refractivity contribution is -0.137. The van der Waals surface area contributed by atoms with Gasteiger partial charge in [0.25, 0.3) is 0 Å². The summed E-state index contributed by atoms with van der Waals surface area (Å²) in [5, 5.41) is 4.55. The molecule has 0 aromatic heterocycles. The Hall–Kier alpha value is -2.97. The minimum absolute atomic E-state index is 0.0207. The Morgan fingerprint density at radius 2 is 1.52 bits per heavy atom. The second-order valence-electron chi connectivity index (χ2n) is 6.10. The summed E-state index contributed by atoms with van der Waals surface area (Å²) in [4.78, 5) is 24.2. The SMILES string of the molecule is O=C(Nc1ccc(F)c(F)c1)C1CC1C(=O)Nc1ccccc1C(F)(F)F. The molecule has 2 aromatic rings. The highest BCUT2D eigenvalue weighted by molar-refractivity contribution is 6.03. The summed E-state index contributed by atoms with van der Waals surface area (Å²) < 4.78 is 64.9. The number of alkyl halides is 3. The van der Waals surface area contributed by atoms with Crippen LogP contribution in [0.5, 0.6) is 0 Å². The highest BCUT2D eigenvalue weighted by Gasteiger charge is 2.48. The van der Waals surface area contributed by atoms with Crippen LogP contribution in [-0.2, 0) is 15.8 Å². The van der Waals surface area contributed by atoms with Gasteiger partial charge in [-0.25, -0.2) is 8.78 Å². The molecule has 1 aliphatic carbocycles. The Labute approximate surface area is 150 Å². The largest absolute Gasteiger partial charge is 0.418 e. The number of benzene rings is 2. The fraction of sp³-hybridized carbons (Fsp3) is 0.222. The van der Waals surface area contributed by atoms with Gasteiger partial charge < -0.3 is 10.6 Å². The first-order valence-electron chi connectivity index (χ1n) is 7.90. The van der Waals surface area contributed by atoms with E-state index in [0.29, 0.717) is 0 Å². The molecule has 142 valence electrons. The number of hydrogen-bond donors (Lipinski definition) is 2. The molecule has 0 bridgehead atoms. The molecule has 0 radical (unpaired) electrons. The van der Waals surface area contributed by atoms with Crippen molar-refractivity contribution in [3.8, 4) is 0 Å². The smallest absolute Gasteiger partial charge is 0.326 e. The molecule has 2 aromatic carbocycles. The van der Waals surface area contributed by atoms with Crippen LogP contribution in [0, 0.1) is 23.5 Å². The molecule has 0 heterocycles. The summed E-state index contributed by atoms with van der Waals surface area (Å²) in [6.45, 7) is 0. The van der Waals surface area contributed by atoms with Crippen LogP contribution in [-0.4, -0.2) is 11.8 Å². The fourth-order valence-corrected chi connectivity index (χ4v) is 2.65. The molecule has 2 amide bonds. The van der Waals surface area contributed by atoms with Gasteiger partial charge in [0.05, 0.1) is 23.1 Å². The topological polar surface area (TPSA) is 58.2 Å². The molecule has 27 heavy (non-hydrogen) atoms. The van der Waals surface area contributed by atoms with Crippen molar-refractivity contribution in [1.29, 1.82) is 0 Å². The van der Waals surface area contributed by atoms with E-state index in [0.717, 1.165) is 30.3 Å². The van der Waals surface area contributed by atoms with Gasteiger partial charge in [0.2, 0.25) is 11.8 Å². The molecule has 1 fully saturated rings. The number of carbonyl (C=O) groups is 2. The van der Waals surface area contributed by atoms with Crippen molar-refractivity contribution in [3.63, 3.8) is 0 Å². The first-order chi connectivity index (χ1) is 12.7. The van der Waals surface area contributed by atoms with Crippen LogP contribution in [0.25, 0.3) is 0 Å². The summed E-state index contributed by atoms with van der Waals surface area (Å²) in [5.41, 5.74) is -1.35. The van der Waals surface area contributed by atoms with E-state index in [4.69, 9.17) is 0 Å². The molecule has 4 nitrogen and oxygen atoms in total. The highest BCUT2D eigenvalue weighted by Crippen LogP contribution is 2.41. The van der Waals surface area contributed by atoms with E-state index in [9.17, 15) is 31.5 Å². The predicted molar refractivity (Wildman–Crippen MR) is 86.7 cm³/mol. The zero-order chi connectivity index (χ0) is 19.8. The average molecular weight is 384 g/mol. The zero-order valence-electron chi connectivity index (χ0n) is 13.6. The van der Waals surface area contributed by atoms with Crippen LogP contribution in [0.15, 0.2) is 42.5 Å². The van der Waals surface area contributed by atoms with Crippen molar-refractivity contribution in [2.45, 2.75) is 12.6 Å². The third-order valence-corrected chi connectivity index (χ3v) is 4.14. The van der Waals surface area contributed by atoms with E-state index >= 15 is 0 Å². The van der Waals surface area contributed by atoms with Crippen molar-refractivity contribution in [3.05, 3.63) is 59.7 Å². The normalized spacial score (nSPS) is 18.7. The number of anilines is 2. The molecule has 1 aliphatic rings. The number of amides is 2. The fourth-order valence-electron chi connectivity index (χ4n) is 2.65. The molecule has 3 rings (SSSR count). The van der Waals surface area contributed by atoms with Crippen LogP contribution in [0.3, 0.4) is 0 Å². The van der Waals surface area contributed by atoms with Gasteiger partial charge in [-0.1, -0.05) is 12.1 Å². The van der Waals surface area contributed by atoms with Crippen LogP contribution < -0.4 is 10.6 Å². The second kappa shape index (κ2) is 6.98. The summed E-state index contributed by atoms with van der Waals surface area (Å²) in [6, 6.07) is 7.32. The van der Waals surface area contributed by atoms with E-state index < -0.39 is 47.0 Å². The van der Waals surface area contributed by atoms with Crippen molar-refractivity contribution in [2.24, 2.45) is 11.8 Å². The first-order valence-corrected chi connectivity index (χ1v) is 7.90. The van der Waals surface area contributed by atoms with Gasteiger partial charge in [-0.3, -0.25) is 9.59 Å². The monoisotopic (exact) mass is 384 g/mol. The van der Waals surface area contributed by atoms with E-state index in [1.807, 2.05) is 0 Å². The van der Waals surface area contributed by atoms with Crippen molar-refractivity contribution >= 4 is 23.2 Å². The van der Waals surface area contributed by atoms with Gasteiger partial charge in [-0.05, 0) is 30.7 Å². The minimum Gasteiger partial charge on any atom is -0.326 e. The third-order valence-electron chi connectivity index (χ3n) is 4.14. The molecule has 9 heteroatoms. The third kappa shape index (κ3) is 4.24. The van der Waals surface area contributed by atoms with Crippen molar-refractivity contribution in [2.75, 3.05) is 10.6 Å². The molecular weight excluding hydrogens is 371 g/mol. The Morgan fingerprint density at radius 3 is 2.15 bits per heavy atom. The molecule has 2 N–H and O–H groups in total. The number of hydrogen-bond acceptors (Lipinski definition) is 2. The molecule has 0 spiro atoms. The van der Waals surface area contributed by atoms with E-state index in [-0.39, 0.29) is 17.8 Å². The molecule has 0 aliphatic heterocycles. The standard InChI is InChI=1S/C18H13F5N2O2/c19-13-6-5-9(7-14(13)20)24-16(26)10-8-11(10)17(27)25-15-4-2-1-3-12(15)18(21,22)23/h1-7,10-11H,8H2,(H,24,26)(H,25,27). The number of para-hydroxylation sites is 1. The Kier molecular flexibility index (Phi) is 4.86. The maximum absolute atomic E-state index is 13.1. The zero-order valence-corrected chi connectivity index (χ0v) is 13.6. The Bertz CT molecular complexity index is 898. The van der Waals surface area contributed by atoms with E-state index in [2.05, 4.69) is 10.6 Å². The lowest BCUT2D eigenvalue weighted by atomic mass is 10.1. The molecule has 1 saturated carbocycles. The number of nitrogens with one attached hydrogen (secondary N) is 2. The Morgan fingerprint density at radius 1 is 0.889 bits per heavy atom. The molecule has 0 saturated heterocycles. The highest BCUT2D eigenvalue weighted by atomic mass is 19.4. The van der Waals surface area contributed by atoms with Crippen LogP contribution in [0.2, 0.25) is 0 Å². The van der Waals surface area contributed by atoms with Gasteiger partial charge >= 0.3 is 6.18 Å².